The topological polar surface area (TPSA) is 25.8 Å². The van der Waals surface area contributed by atoms with E-state index in [1.54, 1.807) is 17.8 Å². The van der Waals surface area contributed by atoms with Crippen LogP contribution in [-0.4, -0.2) is 9.97 Å². The SMILES string of the molecule is Cc1nc(SCc2ccc(Cl)cc2Cl)nc2c1CCCC2. The molecule has 0 saturated heterocycles. The summed E-state index contributed by atoms with van der Waals surface area (Å²) in [6.45, 7) is 2.09. The largest absolute Gasteiger partial charge is 0.228 e. The van der Waals surface area contributed by atoms with E-state index in [-0.39, 0.29) is 0 Å². The van der Waals surface area contributed by atoms with E-state index < -0.39 is 0 Å². The number of aryl methyl sites for hydroxylation is 2. The van der Waals surface area contributed by atoms with Crippen molar-refractivity contribution in [1.29, 1.82) is 0 Å². The number of halogens is 2. The highest BCUT2D eigenvalue weighted by atomic mass is 35.5. The second-order valence-corrected chi connectivity index (χ2v) is 7.03. The minimum absolute atomic E-state index is 0.662. The van der Waals surface area contributed by atoms with Crippen molar-refractivity contribution in [3.05, 3.63) is 50.8 Å². The molecule has 0 bridgehead atoms. The van der Waals surface area contributed by atoms with Crippen molar-refractivity contribution in [3.63, 3.8) is 0 Å². The second kappa shape index (κ2) is 6.55. The zero-order valence-electron chi connectivity index (χ0n) is 11.8. The Labute approximate surface area is 139 Å². The van der Waals surface area contributed by atoms with E-state index >= 15 is 0 Å². The fraction of sp³-hybridized carbons (Fsp3) is 0.375. The van der Waals surface area contributed by atoms with Crippen LogP contribution in [0.4, 0.5) is 0 Å². The van der Waals surface area contributed by atoms with Crippen LogP contribution in [0.5, 0.6) is 0 Å². The quantitative estimate of drug-likeness (QED) is 0.563. The maximum atomic E-state index is 6.20. The van der Waals surface area contributed by atoms with Gasteiger partial charge in [-0.3, -0.25) is 0 Å². The molecule has 2 nitrogen and oxygen atoms in total. The Bertz CT molecular complexity index is 674. The first kappa shape index (κ1) is 15.1. The summed E-state index contributed by atoms with van der Waals surface area (Å²) in [6.07, 6.45) is 4.68. The van der Waals surface area contributed by atoms with Gasteiger partial charge in [0.1, 0.15) is 0 Å². The van der Waals surface area contributed by atoms with E-state index in [0.717, 1.165) is 35.0 Å². The molecule has 0 radical (unpaired) electrons. The van der Waals surface area contributed by atoms with Crippen molar-refractivity contribution in [2.75, 3.05) is 0 Å². The smallest absolute Gasteiger partial charge is 0.188 e. The van der Waals surface area contributed by atoms with E-state index in [2.05, 4.69) is 11.9 Å². The molecule has 3 rings (SSSR count). The first-order chi connectivity index (χ1) is 10.1. The molecule has 1 aromatic heterocycles. The lowest BCUT2D eigenvalue weighted by Gasteiger charge is -2.17. The van der Waals surface area contributed by atoms with Gasteiger partial charge in [0.15, 0.2) is 5.16 Å². The fourth-order valence-electron chi connectivity index (χ4n) is 2.60. The van der Waals surface area contributed by atoms with Gasteiger partial charge in [-0.15, -0.1) is 0 Å². The minimum Gasteiger partial charge on any atom is -0.228 e. The second-order valence-electron chi connectivity index (χ2n) is 5.25. The van der Waals surface area contributed by atoms with Crippen molar-refractivity contribution in [2.24, 2.45) is 0 Å². The monoisotopic (exact) mass is 338 g/mol. The predicted molar refractivity (Wildman–Crippen MR) is 89.4 cm³/mol. The molecule has 0 spiro atoms. The fourth-order valence-corrected chi connectivity index (χ4v) is 4.07. The number of fused-ring (bicyclic) bond motifs is 1. The molecular formula is C16H16Cl2N2S. The van der Waals surface area contributed by atoms with Gasteiger partial charge in [0.05, 0.1) is 0 Å². The van der Waals surface area contributed by atoms with Gasteiger partial charge in [-0.25, -0.2) is 9.97 Å². The molecule has 1 aromatic carbocycles. The summed E-state index contributed by atoms with van der Waals surface area (Å²) in [7, 11) is 0. The summed E-state index contributed by atoms with van der Waals surface area (Å²) in [5.74, 6) is 0.758. The highest BCUT2D eigenvalue weighted by molar-refractivity contribution is 7.98. The van der Waals surface area contributed by atoms with Gasteiger partial charge in [-0.2, -0.15) is 0 Å². The number of hydrogen-bond acceptors (Lipinski definition) is 3. The van der Waals surface area contributed by atoms with E-state index in [1.807, 2.05) is 12.1 Å². The maximum Gasteiger partial charge on any atom is 0.188 e. The van der Waals surface area contributed by atoms with Gasteiger partial charge < -0.3 is 0 Å². The molecule has 1 heterocycles. The highest BCUT2D eigenvalue weighted by Gasteiger charge is 2.15. The molecule has 2 aromatic rings. The molecule has 1 aliphatic carbocycles. The Kier molecular flexibility index (Phi) is 4.72. The molecule has 1 aliphatic rings. The zero-order chi connectivity index (χ0) is 14.8. The summed E-state index contributed by atoms with van der Waals surface area (Å²) >= 11 is 13.8. The number of benzene rings is 1. The number of nitrogens with zero attached hydrogens (tertiary/aromatic N) is 2. The van der Waals surface area contributed by atoms with Gasteiger partial charge in [0.2, 0.25) is 0 Å². The molecule has 0 amide bonds. The number of thioether (sulfide) groups is 1. The van der Waals surface area contributed by atoms with Crippen LogP contribution in [0.3, 0.4) is 0 Å². The van der Waals surface area contributed by atoms with Crippen molar-refractivity contribution in [1.82, 2.24) is 9.97 Å². The third-order valence-electron chi connectivity index (χ3n) is 3.74. The number of rotatable bonds is 3. The van der Waals surface area contributed by atoms with Crippen molar-refractivity contribution in [2.45, 2.75) is 43.5 Å². The van der Waals surface area contributed by atoms with Crippen LogP contribution < -0.4 is 0 Å². The number of hydrogen-bond donors (Lipinski definition) is 0. The number of aromatic nitrogens is 2. The lowest BCUT2D eigenvalue weighted by molar-refractivity contribution is 0.642. The summed E-state index contributed by atoms with van der Waals surface area (Å²) in [4.78, 5) is 9.35. The van der Waals surface area contributed by atoms with Gasteiger partial charge >= 0.3 is 0 Å². The molecule has 21 heavy (non-hydrogen) atoms. The van der Waals surface area contributed by atoms with Crippen molar-refractivity contribution >= 4 is 35.0 Å². The molecule has 0 N–H and O–H groups in total. The van der Waals surface area contributed by atoms with Crippen LogP contribution in [0.15, 0.2) is 23.4 Å². The first-order valence-corrected chi connectivity index (χ1v) is 8.81. The first-order valence-electron chi connectivity index (χ1n) is 7.06. The Morgan fingerprint density at radius 3 is 2.76 bits per heavy atom. The predicted octanol–water partition coefficient (Wildman–Crippen LogP) is 5.26. The third kappa shape index (κ3) is 3.53. The Balaban J connectivity index is 1.77. The minimum atomic E-state index is 0.662. The molecular weight excluding hydrogens is 323 g/mol. The average molecular weight is 339 g/mol. The standard InChI is InChI=1S/C16H16Cl2N2S/c1-10-13-4-2-3-5-15(13)20-16(19-10)21-9-11-6-7-12(17)8-14(11)18/h6-8H,2-5,9H2,1H3. The van der Waals surface area contributed by atoms with Gasteiger partial charge in [0.25, 0.3) is 0 Å². The highest BCUT2D eigenvalue weighted by Crippen LogP contribution is 2.29. The van der Waals surface area contributed by atoms with E-state index in [9.17, 15) is 0 Å². The molecule has 110 valence electrons. The Hall–Kier alpha value is -0.770. The lowest BCUT2D eigenvalue weighted by Crippen LogP contribution is -2.10. The molecule has 0 atom stereocenters. The maximum absolute atomic E-state index is 6.20. The van der Waals surface area contributed by atoms with Gasteiger partial charge in [0, 0.05) is 27.2 Å². The molecule has 0 fully saturated rings. The van der Waals surface area contributed by atoms with Crippen LogP contribution in [0.25, 0.3) is 0 Å². The van der Waals surface area contributed by atoms with Gasteiger partial charge in [-0.1, -0.05) is 41.0 Å². The molecule has 0 saturated carbocycles. The third-order valence-corrected chi connectivity index (χ3v) is 5.22. The van der Waals surface area contributed by atoms with Crippen LogP contribution in [0.2, 0.25) is 10.0 Å². The Morgan fingerprint density at radius 2 is 1.95 bits per heavy atom. The van der Waals surface area contributed by atoms with E-state index in [4.69, 9.17) is 28.2 Å². The zero-order valence-corrected chi connectivity index (χ0v) is 14.2. The summed E-state index contributed by atoms with van der Waals surface area (Å²) in [5, 5.41) is 2.21. The summed E-state index contributed by atoms with van der Waals surface area (Å²) < 4.78 is 0. The van der Waals surface area contributed by atoms with Crippen LogP contribution >= 0.6 is 35.0 Å². The average Bonchev–Trinajstić information content (AvgIpc) is 2.46. The summed E-state index contributed by atoms with van der Waals surface area (Å²) in [5.41, 5.74) is 4.78. The Morgan fingerprint density at radius 1 is 1.14 bits per heavy atom. The van der Waals surface area contributed by atoms with E-state index in [0.29, 0.717) is 10.0 Å². The molecule has 0 aliphatic heterocycles. The van der Waals surface area contributed by atoms with Crippen molar-refractivity contribution < 1.29 is 0 Å². The van der Waals surface area contributed by atoms with Crippen LogP contribution in [-0.2, 0) is 18.6 Å². The van der Waals surface area contributed by atoms with Crippen molar-refractivity contribution in [3.8, 4) is 0 Å². The van der Waals surface area contributed by atoms with Crippen LogP contribution in [0, 0.1) is 6.92 Å². The lowest BCUT2D eigenvalue weighted by atomic mass is 9.95. The van der Waals surface area contributed by atoms with Crippen LogP contribution in [0.1, 0.15) is 35.4 Å². The van der Waals surface area contributed by atoms with Gasteiger partial charge in [-0.05, 0) is 55.9 Å². The molecule has 5 heteroatoms. The normalized spacial score (nSPS) is 14.0. The molecule has 0 unspecified atom stereocenters. The van der Waals surface area contributed by atoms with E-state index in [1.165, 1.54) is 24.1 Å². The summed E-state index contributed by atoms with van der Waals surface area (Å²) in [6, 6.07) is 5.60.